The molecule has 0 unspecified atom stereocenters. The molecule has 4 nitrogen and oxygen atoms in total. The molecule has 0 aliphatic carbocycles. The molecular formula is C12H18N4. The van der Waals surface area contributed by atoms with Crippen LogP contribution >= 0.6 is 0 Å². The predicted molar refractivity (Wildman–Crippen MR) is 64.5 cm³/mol. The lowest BCUT2D eigenvalue weighted by molar-refractivity contribution is 0.738. The standard InChI is InChI=1S/C12H18N4/c1-7(2)10-9-6-16(5)15-12(9)14-11(13-10)8(3)4/h6-8H,1-5H3. The summed E-state index contributed by atoms with van der Waals surface area (Å²) in [7, 11) is 1.92. The van der Waals surface area contributed by atoms with Crippen molar-refractivity contribution in [2.24, 2.45) is 7.05 Å². The quantitative estimate of drug-likeness (QED) is 0.778. The van der Waals surface area contributed by atoms with Crippen molar-refractivity contribution < 1.29 is 0 Å². The second-order valence-electron chi connectivity index (χ2n) is 4.82. The molecule has 0 aromatic carbocycles. The molecule has 0 bridgehead atoms. The Morgan fingerprint density at radius 2 is 1.75 bits per heavy atom. The molecule has 0 saturated heterocycles. The summed E-state index contributed by atoms with van der Waals surface area (Å²) in [4.78, 5) is 9.14. The monoisotopic (exact) mass is 218 g/mol. The van der Waals surface area contributed by atoms with Crippen LogP contribution in [0.25, 0.3) is 11.0 Å². The van der Waals surface area contributed by atoms with E-state index in [1.165, 1.54) is 0 Å². The number of aromatic nitrogens is 4. The Balaban J connectivity index is 2.73. The second kappa shape index (κ2) is 3.85. The number of hydrogen-bond donors (Lipinski definition) is 0. The zero-order valence-corrected chi connectivity index (χ0v) is 10.5. The van der Waals surface area contributed by atoms with Crippen molar-refractivity contribution in [3.05, 3.63) is 17.7 Å². The molecule has 4 heteroatoms. The van der Waals surface area contributed by atoms with E-state index in [0.29, 0.717) is 11.8 Å². The number of fused-ring (bicyclic) bond motifs is 1. The minimum Gasteiger partial charge on any atom is -0.273 e. The molecule has 0 aliphatic rings. The van der Waals surface area contributed by atoms with Gasteiger partial charge in [0.1, 0.15) is 5.82 Å². The van der Waals surface area contributed by atoms with E-state index in [9.17, 15) is 0 Å². The number of hydrogen-bond acceptors (Lipinski definition) is 3. The zero-order valence-electron chi connectivity index (χ0n) is 10.5. The van der Waals surface area contributed by atoms with Crippen LogP contribution in [0.4, 0.5) is 0 Å². The van der Waals surface area contributed by atoms with E-state index in [1.54, 1.807) is 4.68 Å². The minimum absolute atomic E-state index is 0.337. The molecule has 2 rings (SSSR count). The maximum absolute atomic E-state index is 4.65. The summed E-state index contributed by atoms with van der Waals surface area (Å²) in [5.74, 6) is 1.62. The van der Waals surface area contributed by atoms with Gasteiger partial charge in [-0.2, -0.15) is 5.10 Å². The maximum atomic E-state index is 4.65. The Morgan fingerprint density at radius 3 is 2.31 bits per heavy atom. The third kappa shape index (κ3) is 1.79. The van der Waals surface area contributed by atoms with Crippen LogP contribution in [0.5, 0.6) is 0 Å². The molecule has 0 saturated carbocycles. The van der Waals surface area contributed by atoms with Crippen LogP contribution in [0.2, 0.25) is 0 Å². The first-order valence-electron chi connectivity index (χ1n) is 5.70. The second-order valence-corrected chi connectivity index (χ2v) is 4.82. The molecule has 2 heterocycles. The Hall–Kier alpha value is -1.45. The molecule has 0 spiro atoms. The van der Waals surface area contributed by atoms with Crippen LogP contribution in [-0.4, -0.2) is 19.7 Å². The van der Waals surface area contributed by atoms with Crippen molar-refractivity contribution in [2.75, 3.05) is 0 Å². The van der Waals surface area contributed by atoms with Gasteiger partial charge in [0.15, 0.2) is 5.65 Å². The molecule has 0 fully saturated rings. The van der Waals surface area contributed by atoms with E-state index in [1.807, 2.05) is 13.2 Å². The van der Waals surface area contributed by atoms with Crippen molar-refractivity contribution >= 4 is 11.0 Å². The van der Waals surface area contributed by atoms with Gasteiger partial charge >= 0.3 is 0 Å². The van der Waals surface area contributed by atoms with Gasteiger partial charge in [0, 0.05) is 19.2 Å². The molecule has 2 aromatic heterocycles. The minimum atomic E-state index is 0.337. The van der Waals surface area contributed by atoms with Gasteiger partial charge in [0.05, 0.1) is 11.1 Å². The van der Waals surface area contributed by atoms with E-state index in [-0.39, 0.29) is 0 Å². The fraction of sp³-hybridized carbons (Fsp3) is 0.583. The first-order valence-corrected chi connectivity index (χ1v) is 5.70. The Bertz CT molecular complexity index is 511. The summed E-state index contributed by atoms with van der Waals surface area (Å²) in [6.45, 7) is 8.51. The van der Waals surface area contributed by atoms with Crippen LogP contribution in [0.1, 0.15) is 51.0 Å². The summed E-state index contributed by atoms with van der Waals surface area (Å²) in [6.07, 6.45) is 1.99. The summed E-state index contributed by atoms with van der Waals surface area (Å²) in [5, 5.41) is 5.44. The van der Waals surface area contributed by atoms with Crippen molar-refractivity contribution in [1.82, 2.24) is 19.7 Å². The normalized spacial score (nSPS) is 11.9. The van der Waals surface area contributed by atoms with Crippen LogP contribution in [0.15, 0.2) is 6.20 Å². The highest BCUT2D eigenvalue weighted by Gasteiger charge is 2.14. The average Bonchev–Trinajstić information content (AvgIpc) is 2.55. The van der Waals surface area contributed by atoms with E-state index in [0.717, 1.165) is 22.6 Å². The Morgan fingerprint density at radius 1 is 1.06 bits per heavy atom. The van der Waals surface area contributed by atoms with Crippen LogP contribution < -0.4 is 0 Å². The van der Waals surface area contributed by atoms with Gasteiger partial charge in [-0.1, -0.05) is 27.7 Å². The van der Waals surface area contributed by atoms with Crippen molar-refractivity contribution in [2.45, 2.75) is 39.5 Å². The topological polar surface area (TPSA) is 43.6 Å². The van der Waals surface area contributed by atoms with Crippen LogP contribution in [0, 0.1) is 0 Å². The summed E-state index contributed by atoms with van der Waals surface area (Å²) >= 11 is 0. The molecular weight excluding hydrogens is 200 g/mol. The lowest BCUT2D eigenvalue weighted by Crippen LogP contribution is -2.03. The Kier molecular flexibility index (Phi) is 2.66. The lowest BCUT2D eigenvalue weighted by atomic mass is 10.1. The highest BCUT2D eigenvalue weighted by molar-refractivity contribution is 5.77. The largest absolute Gasteiger partial charge is 0.273 e. The number of nitrogens with zero attached hydrogens (tertiary/aromatic N) is 4. The molecule has 0 atom stereocenters. The summed E-state index contributed by atoms with van der Waals surface area (Å²) in [6, 6.07) is 0. The number of rotatable bonds is 2. The van der Waals surface area contributed by atoms with Crippen molar-refractivity contribution in [1.29, 1.82) is 0 Å². The fourth-order valence-corrected chi connectivity index (χ4v) is 1.76. The van der Waals surface area contributed by atoms with Crippen LogP contribution in [-0.2, 0) is 7.05 Å². The first kappa shape index (κ1) is 11.0. The molecule has 86 valence electrons. The molecule has 16 heavy (non-hydrogen) atoms. The van der Waals surface area contributed by atoms with Gasteiger partial charge in [0.2, 0.25) is 0 Å². The van der Waals surface area contributed by atoms with E-state index >= 15 is 0 Å². The van der Waals surface area contributed by atoms with Gasteiger partial charge in [-0.15, -0.1) is 0 Å². The molecule has 0 aliphatic heterocycles. The first-order chi connectivity index (χ1) is 7.49. The summed E-state index contributed by atoms with van der Waals surface area (Å²) in [5.41, 5.74) is 1.91. The van der Waals surface area contributed by atoms with Gasteiger partial charge in [-0.05, 0) is 5.92 Å². The predicted octanol–water partition coefficient (Wildman–Crippen LogP) is 2.61. The van der Waals surface area contributed by atoms with Gasteiger partial charge in [0.25, 0.3) is 0 Å². The van der Waals surface area contributed by atoms with Gasteiger partial charge < -0.3 is 0 Å². The van der Waals surface area contributed by atoms with E-state index in [4.69, 9.17) is 0 Å². The molecule has 0 N–H and O–H groups in total. The molecule has 2 aromatic rings. The van der Waals surface area contributed by atoms with E-state index in [2.05, 4.69) is 42.8 Å². The third-order valence-corrected chi connectivity index (χ3v) is 2.60. The van der Waals surface area contributed by atoms with Crippen LogP contribution in [0.3, 0.4) is 0 Å². The summed E-state index contributed by atoms with van der Waals surface area (Å²) < 4.78 is 1.80. The smallest absolute Gasteiger partial charge is 0.184 e. The van der Waals surface area contributed by atoms with Crippen molar-refractivity contribution in [3.8, 4) is 0 Å². The third-order valence-electron chi connectivity index (χ3n) is 2.60. The lowest BCUT2D eigenvalue weighted by Gasteiger charge is -2.09. The highest BCUT2D eigenvalue weighted by atomic mass is 15.3. The molecule has 0 amide bonds. The fourth-order valence-electron chi connectivity index (χ4n) is 1.76. The zero-order chi connectivity index (χ0) is 11.9. The SMILES string of the molecule is CC(C)c1nc(C(C)C)c2cn(C)nc2n1. The highest BCUT2D eigenvalue weighted by Crippen LogP contribution is 2.23. The maximum Gasteiger partial charge on any atom is 0.184 e. The van der Waals surface area contributed by atoms with Crippen molar-refractivity contribution in [3.63, 3.8) is 0 Å². The van der Waals surface area contributed by atoms with Gasteiger partial charge in [-0.3, -0.25) is 4.68 Å². The number of aryl methyl sites for hydroxylation is 1. The molecule has 0 radical (unpaired) electrons. The van der Waals surface area contributed by atoms with E-state index < -0.39 is 0 Å². The Labute approximate surface area is 95.7 Å². The van der Waals surface area contributed by atoms with Gasteiger partial charge in [-0.25, -0.2) is 9.97 Å². The average molecular weight is 218 g/mol.